The van der Waals surface area contributed by atoms with Crippen LogP contribution in [0.4, 0.5) is 0 Å². The van der Waals surface area contributed by atoms with E-state index in [9.17, 15) is 9.59 Å². The highest BCUT2D eigenvalue weighted by molar-refractivity contribution is 5.99. The van der Waals surface area contributed by atoms with Crippen LogP contribution in [-0.2, 0) is 6.42 Å². The second-order valence-electron chi connectivity index (χ2n) is 7.92. The molecule has 0 aliphatic carbocycles. The van der Waals surface area contributed by atoms with E-state index in [1.54, 1.807) is 43.4 Å². The number of benzene rings is 3. The van der Waals surface area contributed by atoms with Gasteiger partial charge in [-0.2, -0.15) is 0 Å². The fourth-order valence-electron chi connectivity index (χ4n) is 4.47. The zero-order valence-corrected chi connectivity index (χ0v) is 18.4. The van der Waals surface area contributed by atoms with Crippen molar-refractivity contribution in [3.8, 4) is 11.5 Å². The Morgan fingerprint density at radius 3 is 2.36 bits per heavy atom. The first-order valence-corrected chi connectivity index (χ1v) is 10.7. The Labute approximate surface area is 191 Å². The van der Waals surface area contributed by atoms with Crippen LogP contribution in [0, 0.1) is 0 Å². The van der Waals surface area contributed by atoms with Crippen LogP contribution in [0.2, 0.25) is 0 Å². The van der Waals surface area contributed by atoms with Crippen molar-refractivity contribution < 1.29 is 18.7 Å². The van der Waals surface area contributed by atoms with Crippen LogP contribution in [0.1, 0.15) is 33.3 Å². The van der Waals surface area contributed by atoms with Gasteiger partial charge in [-0.15, -0.1) is 0 Å². The third-order valence-electron chi connectivity index (χ3n) is 6.08. The molecule has 0 fully saturated rings. The molecule has 1 aliphatic rings. The molecule has 2 heterocycles. The van der Waals surface area contributed by atoms with Crippen LogP contribution in [0.5, 0.6) is 11.5 Å². The lowest BCUT2D eigenvalue weighted by molar-refractivity contribution is 0.0730. The number of fused-ring (bicyclic) bond motifs is 2. The number of hydrogen-bond donors (Lipinski definition) is 0. The number of rotatable bonds is 6. The molecular weight excluding hydrogens is 418 g/mol. The normalized spacial score (nSPS) is 15.0. The van der Waals surface area contributed by atoms with Gasteiger partial charge >= 0.3 is 0 Å². The Morgan fingerprint density at radius 1 is 0.879 bits per heavy atom. The van der Waals surface area contributed by atoms with Crippen molar-refractivity contribution in [1.82, 2.24) is 4.90 Å². The highest BCUT2D eigenvalue weighted by Crippen LogP contribution is 2.38. The molecule has 1 aliphatic heterocycles. The molecule has 0 saturated carbocycles. The molecule has 5 rings (SSSR count). The molecule has 1 amide bonds. The average molecular weight is 441 g/mol. The van der Waals surface area contributed by atoms with E-state index >= 15 is 0 Å². The highest BCUT2D eigenvalue weighted by atomic mass is 16.5. The molecule has 0 saturated heterocycles. The summed E-state index contributed by atoms with van der Waals surface area (Å²) in [4.78, 5) is 28.6. The topological polar surface area (TPSA) is 69.0 Å². The van der Waals surface area contributed by atoms with Crippen molar-refractivity contribution in [2.45, 2.75) is 12.5 Å². The largest absolute Gasteiger partial charge is 0.493 e. The lowest BCUT2D eigenvalue weighted by Crippen LogP contribution is -2.31. The van der Waals surface area contributed by atoms with Crippen LogP contribution in [0.15, 0.2) is 82.0 Å². The minimum Gasteiger partial charge on any atom is -0.493 e. The van der Waals surface area contributed by atoms with E-state index in [-0.39, 0.29) is 17.1 Å². The molecule has 4 aromatic rings. The maximum absolute atomic E-state index is 13.5. The second kappa shape index (κ2) is 8.47. The van der Waals surface area contributed by atoms with Gasteiger partial charge in [0.25, 0.3) is 5.91 Å². The van der Waals surface area contributed by atoms with Gasteiger partial charge < -0.3 is 18.8 Å². The van der Waals surface area contributed by atoms with E-state index in [0.717, 1.165) is 11.1 Å². The standard InChI is InChI=1S/C27H23NO5/c1-31-21-13-12-17(16-22(21)32-2)14-15-28-24(18-8-4-3-5-9-18)23-25(29)19-10-6-7-11-20(19)33-26(23)27(28)30/h3-13,16,24H,14-15H2,1-2H3/t24-/m1/s1. The van der Waals surface area contributed by atoms with Crippen molar-refractivity contribution in [3.05, 3.63) is 105 Å². The number of amides is 1. The van der Waals surface area contributed by atoms with Gasteiger partial charge in [-0.1, -0.05) is 48.5 Å². The Hall–Kier alpha value is -4.06. The molecule has 0 N–H and O–H groups in total. The van der Waals surface area contributed by atoms with Crippen molar-refractivity contribution in [1.29, 1.82) is 0 Å². The maximum atomic E-state index is 13.5. The molecule has 3 aromatic carbocycles. The van der Waals surface area contributed by atoms with Crippen LogP contribution < -0.4 is 14.9 Å². The fraction of sp³-hybridized carbons (Fsp3) is 0.185. The summed E-state index contributed by atoms with van der Waals surface area (Å²) in [7, 11) is 3.19. The minimum absolute atomic E-state index is 0.125. The zero-order valence-electron chi connectivity index (χ0n) is 18.4. The summed E-state index contributed by atoms with van der Waals surface area (Å²) in [6.45, 7) is 0.411. The molecule has 0 spiro atoms. The van der Waals surface area contributed by atoms with Gasteiger partial charge in [0.15, 0.2) is 16.9 Å². The number of carbonyl (C=O) groups is 1. The molecular formula is C27H23NO5. The number of carbonyl (C=O) groups excluding carboxylic acids is 1. The number of hydrogen-bond acceptors (Lipinski definition) is 5. The van der Waals surface area contributed by atoms with Crippen molar-refractivity contribution in [3.63, 3.8) is 0 Å². The Bertz CT molecular complexity index is 1390. The molecule has 166 valence electrons. The van der Waals surface area contributed by atoms with E-state index in [1.807, 2.05) is 48.5 Å². The summed E-state index contributed by atoms with van der Waals surface area (Å²) in [5.41, 5.74) is 2.52. The highest BCUT2D eigenvalue weighted by Gasteiger charge is 2.42. The van der Waals surface area contributed by atoms with Crippen molar-refractivity contribution in [2.24, 2.45) is 0 Å². The number of ether oxygens (including phenoxy) is 2. The first-order valence-electron chi connectivity index (χ1n) is 10.7. The predicted molar refractivity (Wildman–Crippen MR) is 125 cm³/mol. The quantitative estimate of drug-likeness (QED) is 0.438. The molecule has 0 radical (unpaired) electrons. The number of methoxy groups -OCH3 is 2. The van der Waals surface area contributed by atoms with Crippen LogP contribution >= 0.6 is 0 Å². The van der Waals surface area contributed by atoms with Crippen LogP contribution in [0.25, 0.3) is 11.0 Å². The monoisotopic (exact) mass is 441 g/mol. The lowest BCUT2D eigenvalue weighted by Gasteiger charge is -2.25. The van der Waals surface area contributed by atoms with Gasteiger partial charge in [0.2, 0.25) is 5.76 Å². The van der Waals surface area contributed by atoms with Crippen molar-refractivity contribution >= 4 is 16.9 Å². The molecule has 0 unspecified atom stereocenters. The van der Waals surface area contributed by atoms with E-state index in [1.165, 1.54) is 0 Å². The first-order chi connectivity index (χ1) is 16.1. The van der Waals surface area contributed by atoms with E-state index in [4.69, 9.17) is 13.9 Å². The summed E-state index contributed by atoms with van der Waals surface area (Å²) in [5.74, 6) is 1.13. The molecule has 1 atom stereocenters. The van der Waals surface area contributed by atoms with Gasteiger partial charge in [0.05, 0.1) is 31.2 Å². The van der Waals surface area contributed by atoms with Crippen LogP contribution in [0.3, 0.4) is 0 Å². The lowest BCUT2D eigenvalue weighted by atomic mass is 9.98. The summed E-state index contributed by atoms with van der Waals surface area (Å²) in [6, 6.07) is 21.8. The Morgan fingerprint density at radius 2 is 1.61 bits per heavy atom. The third-order valence-corrected chi connectivity index (χ3v) is 6.08. The summed E-state index contributed by atoms with van der Waals surface area (Å²) in [5, 5.41) is 0.478. The summed E-state index contributed by atoms with van der Waals surface area (Å²) < 4.78 is 16.7. The number of nitrogens with zero attached hydrogens (tertiary/aromatic N) is 1. The average Bonchev–Trinajstić information content (AvgIpc) is 3.14. The molecule has 33 heavy (non-hydrogen) atoms. The smallest absolute Gasteiger partial charge is 0.290 e. The zero-order chi connectivity index (χ0) is 22.9. The first kappa shape index (κ1) is 20.8. The van der Waals surface area contributed by atoms with Crippen molar-refractivity contribution in [2.75, 3.05) is 20.8 Å². The van der Waals surface area contributed by atoms with Gasteiger partial charge in [0.1, 0.15) is 5.58 Å². The summed E-state index contributed by atoms with van der Waals surface area (Å²) in [6.07, 6.45) is 0.580. The molecule has 1 aromatic heterocycles. The minimum atomic E-state index is -0.505. The van der Waals surface area contributed by atoms with E-state index < -0.39 is 6.04 Å². The van der Waals surface area contributed by atoms with Gasteiger partial charge in [-0.25, -0.2) is 0 Å². The van der Waals surface area contributed by atoms with Gasteiger partial charge in [-0.05, 0) is 41.8 Å². The van der Waals surface area contributed by atoms with E-state index in [2.05, 4.69) is 0 Å². The third kappa shape index (κ3) is 3.53. The van der Waals surface area contributed by atoms with E-state index in [0.29, 0.717) is 41.0 Å². The predicted octanol–water partition coefficient (Wildman–Crippen LogP) is 4.60. The fourth-order valence-corrected chi connectivity index (χ4v) is 4.47. The molecule has 6 heteroatoms. The second-order valence-corrected chi connectivity index (χ2v) is 7.92. The number of para-hydroxylation sites is 1. The van der Waals surface area contributed by atoms with Gasteiger partial charge in [0, 0.05) is 6.54 Å². The van der Waals surface area contributed by atoms with Crippen LogP contribution in [-0.4, -0.2) is 31.6 Å². The Kier molecular flexibility index (Phi) is 5.34. The maximum Gasteiger partial charge on any atom is 0.290 e. The summed E-state index contributed by atoms with van der Waals surface area (Å²) >= 11 is 0. The SMILES string of the molecule is COc1ccc(CCN2C(=O)c3oc4ccccc4c(=O)c3[C@H]2c2ccccc2)cc1OC. The Balaban J connectivity index is 1.56. The molecule has 6 nitrogen and oxygen atoms in total. The van der Waals surface area contributed by atoms with Gasteiger partial charge in [-0.3, -0.25) is 9.59 Å². The molecule has 0 bridgehead atoms.